The van der Waals surface area contributed by atoms with Crippen molar-refractivity contribution in [3.05, 3.63) is 73.8 Å². The number of nitrogens with zero attached hydrogens (tertiary/aromatic N) is 2. The maximum atomic E-state index is 10.7. The van der Waals surface area contributed by atoms with Gasteiger partial charge in [0.1, 0.15) is 11.3 Å². The van der Waals surface area contributed by atoms with Gasteiger partial charge in [-0.1, -0.05) is 17.7 Å². The SMILES string of the molecule is Cc1ccc(S(=O)(=O)O)cc1.O=[N+]([O-])c1cccc([N+](=O)[O-])c1CS(=O)(=O)O. The van der Waals surface area contributed by atoms with Gasteiger partial charge in [-0.15, -0.1) is 0 Å². The van der Waals surface area contributed by atoms with E-state index in [2.05, 4.69) is 0 Å². The van der Waals surface area contributed by atoms with Crippen molar-refractivity contribution < 1.29 is 35.8 Å². The van der Waals surface area contributed by atoms with Gasteiger partial charge in [0.25, 0.3) is 31.6 Å². The first-order chi connectivity index (χ1) is 12.7. The van der Waals surface area contributed by atoms with E-state index >= 15 is 0 Å². The molecule has 2 N–H and O–H groups in total. The number of nitro benzene ring substituents is 2. The van der Waals surface area contributed by atoms with Crippen LogP contribution < -0.4 is 0 Å². The van der Waals surface area contributed by atoms with Crippen LogP contribution in [0.3, 0.4) is 0 Å². The van der Waals surface area contributed by atoms with Crippen LogP contribution in [-0.4, -0.2) is 35.8 Å². The summed E-state index contributed by atoms with van der Waals surface area (Å²) in [5, 5.41) is 21.2. The third kappa shape index (κ3) is 6.99. The van der Waals surface area contributed by atoms with Crippen LogP contribution in [0.15, 0.2) is 47.4 Å². The average Bonchev–Trinajstić information content (AvgIpc) is 2.53. The highest BCUT2D eigenvalue weighted by Crippen LogP contribution is 2.29. The minimum atomic E-state index is -4.60. The maximum absolute atomic E-state index is 10.7. The second kappa shape index (κ2) is 8.83. The van der Waals surface area contributed by atoms with E-state index in [0.717, 1.165) is 23.8 Å². The number of nitro groups is 2. The molecule has 2 aromatic rings. The van der Waals surface area contributed by atoms with E-state index in [4.69, 9.17) is 9.11 Å². The highest BCUT2D eigenvalue weighted by Gasteiger charge is 2.28. The number of hydrogen-bond donors (Lipinski definition) is 2. The summed E-state index contributed by atoms with van der Waals surface area (Å²) in [5.41, 5.74) is -1.14. The topological polar surface area (TPSA) is 195 Å². The van der Waals surface area contributed by atoms with E-state index in [1.807, 2.05) is 6.92 Å². The smallest absolute Gasteiger partial charge is 0.285 e. The molecule has 0 aliphatic heterocycles. The molecule has 28 heavy (non-hydrogen) atoms. The summed E-state index contributed by atoms with van der Waals surface area (Å²) in [6.07, 6.45) is 0. The maximum Gasteiger partial charge on any atom is 0.294 e. The quantitative estimate of drug-likeness (QED) is 0.399. The van der Waals surface area contributed by atoms with Gasteiger partial charge in [0.2, 0.25) is 0 Å². The van der Waals surface area contributed by atoms with E-state index in [1.165, 1.54) is 12.1 Å². The molecule has 0 bridgehead atoms. The van der Waals surface area contributed by atoms with Crippen LogP contribution in [0.1, 0.15) is 11.1 Å². The van der Waals surface area contributed by atoms with Crippen molar-refractivity contribution in [2.75, 3.05) is 0 Å². The highest BCUT2D eigenvalue weighted by atomic mass is 32.2. The number of aryl methyl sites for hydroxylation is 1. The first kappa shape index (κ1) is 23.1. The lowest BCUT2D eigenvalue weighted by Crippen LogP contribution is -2.07. The van der Waals surface area contributed by atoms with Crippen LogP contribution in [0.4, 0.5) is 11.4 Å². The van der Waals surface area contributed by atoms with Crippen LogP contribution >= 0.6 is 0 Å². The Balaban J connectivity index is 0.000000307. The van der Waals surface area contributed by atoms with Gasteiger partial charge in [-0.05, 0) is 25.1 Å². The lowest BCUT2D eigenvalue weighted by molar-refractivity contribution is -0.395. The minimum absolute atomic E-state index is 0.0666. The van der Waals surface area contributed by atoms with Crippen molar-refractivity contribution in [2.45, 2.75) is 17.6 Å². The van der Waals surface area contributed by atoms with Crippen LogP contribution in [0.25, 0.3) is 0 Å². The Labute approximate surface area is 159 Å². The molecular weight excluding hydrogens is 420 g/mol. The van der Waals surface area contributed by atoms with E-state index in [9.17, 15) is 37.1 Å². The molecule has 2 aromatic carbocycles. The molecule has 152 valence electrons. The van der Waals surface area contributed by atoms with Crippen molar-refractivity contribution in [2.24, 2.45) is 0 Å². The van der Waals surface area contributed by atoms with Crippen LogP contribution in [0.5, 0.6) is 0 Å². The minimum Gasteiger partial charge on any atom is -0.285 e. The summed E-state index contributed by atoms with van der Waals surface area (Å²) in [5.74, 6) is -1.18. The predicted octanol–water partition coefficient (Wildman–Crippen LogP) is 2.13. The largest absolute Gasteiger partial charge is 0.294 e. The van der Waals surface area contributed by atoms with Gasteiger partial charge in [0.15, 0.2) is 0 Å². The summed E-state index contributed by atoms with van der Waals surface area (Å²) < 4.78 is 59.5. The van der Waals surface area contributed by atoms with Gasteiger partial charge in [-0.3, -0.25) is 29.3 Å². The van der Waals surface area contributed by atoms with Crippen molar-refractivity contribution in [3.63, 3.8) is 0 Å². The molecule has 0 unspecified atom stereocenters. The summed E-state index contributed by atoms with van der Waals surface area (Å²) in [6, 6.07) is 8.90. The molecule has 0 saturated carbocycles. The van der Waals surface area contributed by atoms with E-state index in [1.54, 1.807) is 12.1 Å². The normalized spacial score (nSPS) is 11.2. The van der Waals surface area contributed by atoms with E-state index in [0.29, 0.717) is 0 Å². The van der Waals surface area contributed by atoms with Gasteiger partial charge in [0, 0.05) is 12.1 Å². The monoisotopic (exact) mass is 434 g/mol. The fraction of sp³-hybridized carbons (Fsp3) is 0.143. The van der Waals surface area contributed by atoms with Crippen LogP contribution in [0, 0.1) is 27.2 Å². The highest BCUT2D eigenvalue weighted by molar-refractivity contribution is 7.85. The van der Waals surface area contributed by atoms with Gasteiger partial charge >= 0.3 is 0 Å². The first-order valence-corrected chi connectivity index (χ1v) is 10.2. The molecule has 0 atom stereocenters. The molecule has 0 heterocycles. The molecule has 0 spiro atoms. The molecule has 0 radical (unpaired) electrons. The molecule has 0 saturated heterocycles. The molecule has 14 heteroatoms. The lowest BCUT2D eigenvalue weighted by atomic mass is 10.1. The predicted molar refractivity (Wildman–Crippen MR) is 96.0 cm³/mol. The van der Waals surface area contributed by atoms with Crippen LogP contribution in [-0.2, 0) is 26.0 Å². The molecule has 0 aromatic heterocycles. The zero-order valence-corrected chi connectivity index (χ0v) is 15.8. The Morgan fingerprint density at radius 2 is 1.29 bits per heavy atom. The van der Waals surface area contributed by atoms with Gasteiger partial charge in [-0.25, -0.2) is 0 Å². The number of rotatable bonds is 5. The zero-order chi connectivity index (χ0) is 21.7. The first-order valence-electron chi connectivity index (χ1n) is 7.12. The molecule has 0 aliphatic rings. The Morgan fingerprint density at radius 3 is 1.61 bits per heavy atom. The average molecular weight is 434 g/mol. The molecule has 12 nitrogen and oxygen atoms in total. The summed E-state index contributed by atoms with van der Waals surface area (Å²) in [7, 11) is -8.62. The summed E-state index contributed by atoms with van der Waals surface area (Å²) in [4.78, 5) is 19.2. The Morgan fingerprint density at radius 1 is 0.857 bits per heavy atom. The second-order valence-corrected chi connectivity index (χ2v) is 8.18. The second-order valence-electron chi connectivity index (χ2n) is 5.30. The van der Waals surface area contributed by atoms with Crippen molar-refractivity contribution in [3.8, 4) is 0 Å². The van der Waals surface area contributed by atoms with Crippen molar-refractivity contribution >= 4 is 31.6 Å². The Bertz CT molecular complexity index is 1060. The summed E-state index contributed by atoms with van der Waals surface area (Å²) in [6.45, 7) is 1.84. The van der Waals surface area contributed by atoms with Gasteiger partial charge < -0.3 is 0 Å². The van der Waals surface area contributed by atoms with E-state index in [-0.39, 0.29) is 4.90 Å². The molecule has 0 aliphatic carbocycles. The van der Waals surface area contributed by atoms with Gasteiger partial charge in [0.05, 0.1) is 14.7 Å². The van der Waals surface area contributed by atoms with Crippen LogP contribution in [0.2, 0.25) is 0 Å². The van der Waals surface area contributed by atoms with Crippen molar-refractivity contribution in [1.29, 1.82) is 0 Å². The van der Waals surface area contributed by atoms with E-state index < -0.39 is 52.8 Å². The molecule has 2 rings (SSSR count). The Kier molecular flexibility index (Phi) is 7.29. The number of benzene rings is 2. The summed E-state index contributed by atoms with van der Waals surface area (Å²) >= 11 is 0. The number of hydrogen-bond acceptors (Lipinski definition) is 8. The third-order valence-corrected chi connectivity index (χ3v) is 4.69. The van der Waals surface area contributed by atoms with Gasteiger partial charge in [-0.2, -0.15) is 16.8 Å². The molecule has 0 fully saturated rings. The fourth-order valence-electron chi connectivity index (χ4n) is 1.95. The molecule has 0 amide bonds. The molecular formula is C14H14N2O10S2. The lowest BCUT2D eigenvalue weighted by Gasteiger charge is -2.01. The van der Waals surface area contributed by atoms with Crippen molar-refractivity contribution in [1.82, 2.24) is 0 Å². The zero-order valence-electron chi connectivity index (χ0n) is 14.1. The fourth-order valence-corrected chi connectivity index (χ4v) is 3.09. The Hall–Kier alpha value is -2.94. The standard InChI is InChI=1S/C7H6N2O7S.C7H8O3S/c10-8(11)6-2-1-3-7(9(12)13)5(6)4-17(14,15)16;1-6-2-4-7(5-3-6)11(8,9)10/h1-3H,4H2,(H,14,15,16);2-5H,1H3,(H,8,9,10). The third-order valence-electron chi connectivity index (χ3n) is 3.17.